The molecule has 0 amide bonds. The summed E-state index contributed by atoms with van der Waals surface area (Å²) in [5.41, 5.74) is 3.24. The van der Waals surface area contributed by atoms with Crippen molar-refractivity contribution >= 4 is 0 Å². The molecule has 1 aromatic rings. The zero-order chi connectivity index (χ0) is 13.0. The van der Waals surface area contributed by atoms with Crippen LogP contribution < -0.4 is 16.0 Å². The Labute approximate surface area is 106 Å². The number of hydrogen-bond donors (Lipinski definition) is 2. The van der Waals surface area contributed by atoms with E-state index in [2.05, 4.69) is 5.43 Å². The third-order valence-electron chi connectivity index (χ3n) is 3.46. The number of nitrogens with two attached hydrogens (primary N) is 1. The largest absolute Gasteiger partial charge is 0.496 e. The quantitative estimate of drug-likeness (QED) is 0.635. The molecule has 1 aliphatic heterocycles. The van der Waals surface area contributed by atoms with Crippen LogP contribution in [0.15, 0.2) is 18.2 Å². The van der Waals surface area contributed by atoms with Gasteiger partial charge in [0.1, 0.15) is 11.6 Å². The molecule has 0 saturated carbocycles. The summed E-state index contributed by atoms with van der Waals surface area (Å²) in [6.07, 6.45) is 1.73. The molecule has 1 aliphatic rings. The van der Waals surface area contributed by atoms with Gasteiger partial charge in [-0.25, -0.2) is 4.39 Å². The van der Waals surface area contributed by atoms with Gasteiger partial charge in [-0.2, -0.15) is 0 Å². The summed E-state index contributed by atoms with van der Waals surface area (Å²) in [6, 6.07) is 4.57. The fourth-order valence-corrected chi connectivity index (χ4v) is 2.50. The second-order valence-corrected chi connectivity index (χ2v) is 4.45. The summed E-state index contributed by atoms with van der Waals surface area (Å²) < 4.78 is 24.6. The molecule has 1 unspecified atom stereocenters. The van der Waals surface area contributed by atoms with Crippen LogP contribution in [0, 0.1) is 11.7 Å². The minimum atomic E-state index is -0.288. The van der Waals surface area contributed by atoms with Crippen molar-refractivity contribution in [2.45, 2.75) is 18.9 Å². The minimum absolute atomic E-state index is 0.245. The van der Waals surface area contributed by atoms with Crippen LogP contribution in [0.3, 0.4) is 0 Å². The minimum Gasteiger partial charge on any atom is -0.496 e. The first-order valence-corrected chi connectivity index (χ1v) is 6.14. The summed E-state index contributed by atoms with van der Waals surface area (Å²) in [4.78, 5) is 0. The Morgan fingerprint density at radius 2 is 2.17 bits per heavy atom. The maximum Gasteiger partial charge on any atom is 0.131 e. The molecule has 4 nitrogen and oxygen atoms in total. The Bertz CT molecular complexity index is 395. The average molecular weight is 254 g/mol. The highest BCUT2D eigenvalue weighted by molar-refractivity contribution is 5.37. The van der Waals surface area contributed by atoms with Crippen LogP contribution in [0.5, 0.6) is 5.75 Å². The SMILES string of the molecule is COc1cccc(F)c1C(NN)C1CCOCC1. The summed E-state index contributed by atoms with van der Waals surface area (Å²) >= 11 is 0. The van der Waals surface area contributed by atoms with Gasteiger partial charge in [-0.3, -0.25) is 11.3 Å². The number of hydrogen-bond acceptors (Lipinski definition) is 4. The van der Waals surface area contributed by atoms with E-state index in [1.54, 1.807) is 12.1 Å². The maximum absolute atomic E-state index is 14.0. The molecule has 1 aromatic carbocycles. The monoisotopic (exact) mass is 254 g/mol. The summed E-state index contributed by atoms with van der Waals surface area (Å²) in [5, 5.41) is 0. The lowest BCUT2D eigenvalue weighted by Crippen LogP contribution is -2.37. The number of rotatable bonds is 4. The Hall–Kier alpha value is -1.17. The van der Waals surface area contributed by atoms with Gasteiger partial charge in [0.15, 0.2) is 0 Å². The van der Waals surface area contributed by atoms with E-state index in [1.807, 2.05) is 0 Å². The predicted octanol–water partition coefficient (Wildman–Crippen LogP) is 1.77. The predicted molar refractivity (Wildman–Crippen MR) is 66.6 cm³/mol. The molecule has 0 spiro atoms. The number of ether oxygens (including phenoxy) is 2. The van der Waals surface area contributed by atoms with Gasteiger partial charge in [0.2, 0.25) is 0 Å². The first kappa shape index (κ1) is 13.3. The van der Waals surface area contributed by atoms with Crippen LogP contribution in [0.1, 0.15) is 24.4 Å². The van der Waals surface area contributed by atoms with Crippen molar-refractivity contribution in [2.75, 3.05) is 20.3 Å². The number of benzene rings is 1. The van der Waals surface area contributed by atoms with Gasteiger partial charge in [0.25, 0.3) is 0 Å². The van der Waals surface area contributed by atoms with Gasteiger partial charge in [-0.05, 0) is 30.9 Å². The van der Waals surface area contributed by atoms with E-state index < -0.39 is 0 Å². The van der Waals surface area contributed by atoms with Crippen molar-refractivity contribution < 1.29 is 13.9 Å². The van der Waals surface area contributed by atoms with Gasteiger partial charge in [-0.1, -0.05) is 6.07 Å². The molecule has 1 saturated heterocycles. The average Bonchev–Trinajstić information content (AvgIpc) is 2.42. The highest BCUT2D eigenvalue weighted by Crippen LogP contribution is 2.35. The first-order valence-electron chi connectivity index (χ1n) is 6.14. The molecule has 0 aliphatic carbocycles. The van der Waals surface area contributed by atoms with Crippen molar-refractivity contribution in [3.05, 3.63) is 29.6 Å². The normalized spacial score (nSPS) is 18.6. The molecule has 1 fully saturated rings. The smallest absolute Gasteiger partial charge is 0.131 e. The molecule has 1 atom stereocenters. The van der Waals surface area contributed by atoms with E-state index >= 15 is 0 Å². The van der Waals surface area contributed by atoms with Gasteiger partial charge in [0.05, 0.1) is 13.2 Å². The Morgan fingerprint density at radius 3 is 2.78 bits per heavy atom. The third kappa shape index (κ3) is 2.63. The van der Waals surface area contributed by atoms with Gasteiger partial charge < -0.3 is 9.47 Å². The highest BCUT2D eigenvalue weighted by atomic mass is 19.1. The molecule has 0 aromatic heterocycles. The molecule has 2 rings (SSSR count). The van der Waals surface area contributed by atoms with E-state index in [0.717, 1.165) is 12.8 Å². The number of methoxy groups -OCH3 is 1. The van der Waals surface area contributed by atoms with Crippen molar-refractivity contribution in [1.29, 1.82) is 0 Å². The van der Waals surface area contributed by atoms with E-state index in [1.165, 1.54) is 13.2 Å². The Morgan fingerprint density at radius 1 is 1.44 bits per heavy atom. The van der Waals surface area contributed by atoms with E-state index in [9.17, 15) is 4.39 Å². The number of halogens is 1. The Kier molecular flexibility index (Phi) is 4.52. The summed E-state index contributed by atoms with van der Waals surface area (Å²) in [6.45, 7) is 1.39. The van der Waals surface area contributed by atoms with E-state index in [4.69, 9.17) is 15.3 Å². The lowest BCUT2D eigenvalue weighted by Gasteiger charge is -2.31. The molecule has 5 heteroatoms. The summed E-state index contributed by atoms with van der Waals surface area (Å²) in [7, 11) is 1.54. The third-order valence-corrected chi connectivity index (χ3v) is 3.46. The molecule has 18 heavy (non-hydrogen) atoms. The van der Waals surface area contributed by atoms with Crippen LogP contribution >= 0.6 is 0 Å². The lowest BCUT2D eigenvalue weighted by molar-refractivity contribution is 0.0528. The second kappa shape index (κ2) is 6.13. The van der Waals surface area contributed by atoms with Gasteiger partial charge in [0, 0.05) is 18.8 Å². The molecule has 3 N–H and O–H groups in total. The van der Waals surface area contributed by atoms with Crippen molar-refractivity contribution in [3.63, 3.8) is 0 Å². The molecule has 100 valence electrons. The van der Waals surface area contributed by atoms with Crippen LogP contribution in [-0.4, -0.2) is 20.3 Å². The highest BCUT2D eigenvalue weighted by Gasteiger charge is 2.29. The lowest BCUT2D eigenvalue weighted by atomic mass is 9.87. The van der Waals surface area contributed by atoms with Gasteiger partial charge >= 0.3 is 0 Å². The van der Waals surface area contributed by atoms with E-state index in [-0.39, 0.29) is 17.8 Å². The van der Waals surface area contributed by atoms with Crippen LogP contribution in [0.4, 0.5) is 4.39 Å². The van der Waals surface area contributed by atoms with Crippen LogP contribution in [-0.2, 0) is 4.74 Å². The molecule has 1 heterocycles. The molecular weight excluding hydrogens is 235 g/mol. The number of hydrazine groups is 1. The first-order chi connectivity index (χ1) is 8.77. The standard InChI is InChI=1S/C13H19FN2O2/c1-17-11-4-2-3-10(14)12(11)13(16-15)9-5-7-18-8-6-9/h2-4,9,13,16H,5-8,15H2,1H3. The van der Waals surface area contributed by atoms with Gasteiger partial charge in [-0.15, -0.1) is 0 Å². The fourth-order valence-electron chi connectivity index (χ4n) is 2.50. The van der Waals surface area contributed by atoms with Crippen molar-refractivity contribution in [1.82, 2.24) is 5.43 Å². The van der Waals surface area contributed by atoms with Crippen molar-refractivity contribution in [3.8, 4) is 5.75 Å². The fraction of sp³-hybridized carbons (Fsp3) is 0.538. The molecular formula is C13H19FN2O2. The second-order valence-electron chi connectivity index (χ2n) is 4.45. The molecule has 0 radical (unpaired) electrons. The Balaban J connectivity index is 2.31. The molecule has 0 bridgehead atoms. The van der Waals surface area contributed by atoms with Crippen LogP contribution in [0.2, 0.25) is 0 Å². The van der Waals surface area contributed by atoms with Crippen molar-refractivity contribution in [2.24, 2.45) is 11.8 Å². The zero-order valence-electron chi connectivity index (χ0n) is 10.5. The summed E-state index contributed by atoms with van der Waals surface area (Å²) in [5.74, 6) is 6.12. The van der Waals surface area contributed by atoms with Crippen LogP contribution in [0.25, 0.3) is 0 Å². The number of nitrogens with one attached hydrogen (secondary N) is 1. The topological polar surface area (TPSA) is 56.5 Å². The van der Waals surface area contributed by atoms with E-state index in [0.29, 0.717) is 24.5 Å². The maximum atomic E-state index is 14.0. The zero-order valence-corrected chi connectivity index (χ0v) is 10.5.